The van der Waals surface area contributed by atoms with E-state index >= 15 is 0 Å². The van der Waals surface area contributed by atoms with Crippen molar-refractivity contribution in [3.8, 4) is 5.75 Å². The van der Waals surface area contributed by atoms with Gasteiger partial charge >= 0.3 is 5.97 Å². The summed E-state index contributed by atoms with van der Waals surface area (Å²) >= 11 is 0. The van der Waals surface area contributed by atoms with Crippen molar-refractivity contribution in [2.45, 2.75) is 43.6 Å². The fourth-order valence-electron chi connectivity index (χ4n) is 3.45. The molecule has 1 heterocycles. The number of benzene rings is 2. The van der Waals surface area contributed by atoms with Gasteiger partial charge in [-0.15, -0.1) is 0 Å². The number of amides is 1. The molecule has 1 fully saturated rings. The zero-order chi connectivity index (χ0) is 23.1. The monoisotopic (exact) mass is 460 g/mol. The molecule has 0 aromatic heterocycles. The van der Waals surface area contributed by atoms with Gasteiger partial charge in [-0.25, -0.2) is 8.42 Å². The summed E-state index contributed by atoms with van der Waals surface area (Å²) in [6, 6.07) is 13.0. The number of sulfonamides is 1. The summed E-state index contributed by atoms with van der Waals surface area (Å²) in [4.78, 5) is 24.8. The summed E-state index contributed by atoms with van der Waals surface area (Å²) in [7, 11) is -1.99. The second kappa shape index (κ2) is 10.6. The number of carbonyl (C=O) groups is 2. The molecule has 1 atom stereocenters. The average Bonchev–Trinajstić information content (AvgIpc) is 2.80. The number of hydrogen-bond donors (Lipinski definition) is 1. The van der Waals surface area contributed by atoms with Crippen LogP contribution in [-0.4, -0.2) is 50.9 Å². The summed E-state index contributed by atoms with van der Waals surface area (Å²) in [5.74, 6) is -0.411. The lowest BCUT2D eigenvalue weighted by Crippen LogP contribution is -2.35. The smallest absolute Gasteiger partial charge is 0.311 e. The van der Waals surface area contributed by atoms with Crippen LogP contribution in [0.25, 0.3) is 0 Å². The molecular formula is C23H28N2O6S. The molecule has 0 unspecified atom stereocenters. The predicted molar refractivity (Wildman–Crippen MR) is 120 cm³/mol. The molecule has 9 heteroatoms. The Bertz CT molecular complexity index is 1050. The van der Waals surface area contributed by atoms with E-state index in [2.05, 4.69) is 5.32 Å². The predicted octanol–water partition coefficient (Wildman–Crippen LogP) is 2.98. The molecule has 172 valence electrons. The summed E-state index contributed by atoms with van der Waals surface area (Å²) in [6.07, 6.45) is 1.77. The van der Waals surface area contributed by atoms with Crippen molar-refractivity contribution in [1.82, 2.24) is 4.31 Å². The molecule has 0 bridgehead atoms. The highest BCUT2D eigenvalue weighted by atomic mass is 32.2. The van der Waals surface area contributed by atoms with E-state index in [0.29, 0.717) is 30.1 Å². The van der Waals surface area contributed by atoms with E-state index in [-0.39, 0.29) is 11.3 Å². The quantitative estimate of drug-likeness (QED) is 0.608. The number of anilines is 1. The summed E-state index contributed by atoms with van der Waals surface area (Å²) in [5, 5.41) is 2.64. The third kappa shape index (κ3) is 6.08. The van der Waals surface area contributed by atoms with Gasteiger partial charge in [0.15, 0.2) is 6.10 Å². The summed E-state index contributed by atoms with van der Waals surface area (Å²) < 4.78 is 37.3. The van der Waals surface area contributed by atoms with Crippen LogP contribution in [0.4, 0.5) is 5.69 Å². The van der Waals surface area contributed by atoms with Crippen molar-refractivity contribution in [2.75, 3.05) is 25.5 Å². The van der Waals surface area contributed by atoms with Gasteiger partial charge in [0.05, 0.1) is 18.4 Å². The van der Waals surface area contributed by atoms with Gasteiger partial charge in [-0.2, -0.15) is 4.31 Å². The van der Waals surface area contributed by atoms with Crippen LogP contribution < -0.4 is 10.1 Å². The number of carbonyl (C=O) groups excluding carboxylic acids is 2. The lowest BCUT2D eigenvalue weighted by molar-refractivity contribution is -0.152. The molecule has 1 saturated heterocycles. The Morgan fingerprint density at radius 1 is 1.06 bits per heavy atom. The molecule has 0 radical (unpaired) electrons. The van der Waals surface area contributed by atoms with Crippen molar-refractivity contribution in [3.05, 3.63) is 54.1 Å². The minimum absolute atomic E-state index is 0.0118. The first kappa shape index (κ1) is 23.7. The van der Waals surface area contributed by atoms with Crippen LogP contribution in [0.1, 0.15) is 31.7 Å². The molecule has 0 saturated carbocycles. The third-order valence-corrected chi connectivity index (χ3v) is 7.15. The Kier molecular flexibility index (Phi) is 7.87. The van der Waals surface area contributed by atoms with Gasteiger partial charge in [0.25, 0.3) is 5.91 Å². The molecular weight excluding hydrogens is 432 g/mol. The first-order valence-corrected chi connectivity index (χ1v) is 12.0. The highest BCUT2D eigenvalue weighted by molar-refractivity contribution is 7.89. The molecule has 0 spiro atoms. The number of rotatable bonds is 8. The molecule has 1 aliphatic rings. The molecule has 0 aliphatic carbocycles. The standard InChI is InChI=1S/C23H28N2O6S/c1-17(31-22(26)16-18-7-6-8-20(15-18)30-2)23(27)24-19-9-11-21(12-10-19)32(28,29)25-13-4-3-5-14-25/h6-12,15,17H,3-5,13-14,16H2,1-2H3,(H,24,27)/t17-/m1/s1. The van der Waals surface area contributed by atoms with Crippen molar-refractivity contribution >= 4 is 27.6 Å². The molecule has 1 amide bonds. The largest absolute Gasteiger partial charge is 0.497 e. The maximum atomic E-state index is 12.7. The van der Waals surface area contributed by atoms with Gasteiger partial charge in [0, 0.05) is 18.8 Å². The van der Waals surface area contributed by atoms with Crippen LogP contribution in [0.15, 0.2) is 53.4 Å². The zero-order valence-corrected chi connectivity index (χ0v) is 19.1. The van der Waals surface area contributed by atoms with Gasteiger partial charge in [0.2, 0.25) is 10.0 Å². The summed E-state index contributed by atoms with van der Waals surface area (Å²) in [6.45, 7) is 2.53. The number of ether oxygens (including phenoxy) is 2. The molecule has 8 nitrogen and oxygen atoms in total. The molecule has 1 aliphatic heterocycles. The first-order valence-electron chi connectivity index (χ1n) is 10.5. The molecule has 3 rings (SSSR count). The normalized spacial score (nSPS) is 15.6. The summed E-state index contributed by atoms with van der Waals surface area (Å²) in [5.41, 5.74) is 1.13. The highest BCUT2D eigenvalue weighted by Crippen LogP contribution is 2.22. The number of esters is 1. The Morgan fingerprint density at radius 2 is 1.75 bits per heavy atom. The van der Waals surface area contributed by atoms with Gasteiger partial charge in [-0.1, -0.05) is 18.6 Å². The lowest BCUT2D eigenvalue weighted by atomic mass is 10.1. The van der Waals surface area contributed by atoms with Crippen molar-refractivity contribution in [2.24, 2.45) is 0 Å². The van der Waals surface area contributed by atoms with Crippen LogP contribution in [-0.2, 0) is 30.8 Å². The number of hydrogen-bond acceptors (Lipinski definition) is 6. The second-order valence-corrected chi connectivity index (χ2v) is 9.58. The Balaban J connectivity index is 1.54. The topological polar surface area (TPSA) is 102 Å². The number of piperidine rings is 1. The first-order chi connectivity index (χ1) is 15.3. The van der Waals surface area contributed by atoms with Crippen LogP contribution in [0.5, 0.6) is 5.75 Å². The van der Waals surface area contributed by atoms with E-state index in [9.17, 15) is 18.0 Å². The molecule has 2 aromatic rings. The van der Waals surface area contributed by atoms with E-state index in [1.807, 2.05) is 0 Å². The molecule has 32 heavy (non-hydrogen) atoms. The van der Waals surface area contributed by atoms with Crippen LogP contribution in [0.2, 0.25) is 0 Å². The Morgan fingerprint density at radius 3 is 2.41 bits per heavy atom. The van der Waals surface area contributed by atoms with Crippen LogP contribution in [0, 0.1) is 0 Å². The molecule has 2 aromatic carbocycles. The minimum atomic E-state index is -3.53. The van der Waals surface area contributed by atoms with Crippen molar-refractivity contribution in [1.29, 1.82) is 0 Å². The Hall–Kier alpha value is -2.91. The van der Waals surface area contributed by atoms with E-state index in [4.69, 9.17) is 9.47 Å². The SMILES string of the molecule is COc1cccc(CC(=O)O[C@H](C)C(=O)Nc2ccc(S(=O)(=O)N3CCCCC3)cc2)c1. The number of nitrogens with one attached hydrogen (secondary N) is 1. The van der Waals surface area contributed by atoms with E-state index in [1.165, 1.54) is 35.5 Å². The van der Waals surface area contributed by atoms with E-state index in [0.717, 1.165) is 19.3 Å². The molecule has 1 N–H and O–H groups in total. The van der Waals surface area contributed by atoms with Gasteiger partial charge in [-0.3, -0.25) is 9.59 Å². The van der Waals surface area contributed by atoms with Gasteiger partial charge in [0.1, 0.15) is 5.75 Å². The second-order valence-electron chi connectivity index (χ2n) is 7.64. The van der Waals surface area contributed by atoms with Crippen molar-refractivity contribution < 1.29 is 27.5 Å². The average molecular weight is 461 g/mol. The zero-order valence-electron chi connectivity index (χ0n) is 18.2. The number of nitrogens with zero attached hydrogens (tertiary/aromatic N) is 1. The van der Waals surface area contributed by atoms with Crippen LogP contribution in [0.3, 0.4) is 0 Å². The number of methoxy groups -OCH3 is 1. The van der Waals surface area contributed by atoms with E-state index < -0.39 is 28.0 Å². The van der Waals surface area contributed by atoms with Crippen molar-refractivity contribution in [3.63, 3.8) is 0 Å². The third-order valence-electron chi connectivity index (χ3n) is 5.23. The maximum Gasteiger partial charge on any atom is 0.311 e. The highest BCUT2D eigenvalue weighted by Gasteiger charge is 2.26. The van der Waals surface area contributed by atoms with E-state index in [1.54, 1.807) is 31.4 Å². The van der Waals surface area contributed by atoms with Gasteiger partial charge < -0.3 is 14.8 Å². The fourth-order valence-corrected chi connectivity index (χ4v) is 4.97. The maximum absolute atomic E-state index is 12.7. The fraction of sp³-hybridized carbons (Fsp3) is 0.391. The van der Waals surface area contributed by atoms with Gasteiger partial charge in [-0.05, 0) is 61.7 Å². The Labute approximate surface area is 188 Å². The lowest BCUT2D eigenvalue weighted by Gasteiger charge is -2.25. The minimum Gasteiger partial charge on any atom is -0.497 e. The van der Waals surface area contributed by atoms with Crippen LogP contribution >= 0.6 is 0 Å².